The normalized spacial score (nSPS) is 12.6. The van der Waals surface area contributed by atoms with Crippen LogP contribution in [0.2, 0.25) is 5.02 Å². The van der Waals surface area contributed by atoms with Gasteiger partial charge in [-0.3, -0.25) is 0 Å². The molecule has 4 heteroatoms. The monoisotopic (exact) mass is 250 g/mol. The van der Waals surface area contributed by atoms with Gasteiger partial charge in [-0.15, -0.1) is 0 Å². The molecule has 0 saturated carbocycles. The van der Waals surface area contributed by atoms with Crippen LogP contribution in [-0.2, 0) is 12.8 Å². The molecule has 0 radical (unpaired) electrons. The van der Waals surface area contributed by atoms with Gasteiger partial charge in [0.15, 0.2) is 5.89 Å². The van der Waals surface area contributed by atoms with Crippen molar-refractivity contribution in [2.45, 2.75) is 25.8 Å². The Balaban J connectivity index is 2.06. The van der Waals surface area contributed by atoms with Crippen molar-refractivity contribution in [1.82, 2.24) is 4.98 Å². The first-order chi connectivity index (χ1) is 8.13. The number of rotatable bonds is 4. The lowest BCUT2D eigenvalue weighted by atomic mass is 10.1. The molecule has 0 bridgehead atoms. The van der Waals surface area contributed by atoms with E-state index < -0.39 is 0 Å². The van der Waals surface area contributed by atoms with Gasteiger partial charge in [-0.25, -0.2) is 4.98 Å². The molecule has 2 aromatic rings. The molecule has 1 aromatic carbocycles. The first-order valence-electron chi connectivity index (χ1n) is 5.57. The minimum absolute atomic E-state index is 0.0964. The number of nitrogens with two attached hydrogens (primary N) is 1. The maximum absolute atomic E-state index is 5.92. The van der Waals surface area contributed by atoms with Crippen molar-refractivity contribution in [1.29, 1.82) is 0 Å². The highest BCUT2D eigenvalue weighted by Gasteiger charge is 2.07. The molecule has 0 fully saturated rings. The molecule has 0 spiro atoms. The van der Waals surface area contributed by atoms with E-state index in [9.17, 15) is 0 Å². The molecule has 0 saturated heterocycles. The Bertz CT molecular complexity index is 494. The molecule has 0 aliphatic carbocycles. The quantitative estimate of drug-likeness (QED) is 0.908. The van der Waals surface area contributed by atoms with Crippen LogP contribution in [-0.4, -0.2) is 11.0 Å². The van der Waals surface area contributed by atoms with Gasteiger partial charge in [-0.05, 0) is 24.6 Å². The van der Waals surface area contributed by atoms with Crippen LogP contribution in [0.1, 0.15) is 24.1 Å². The summed E-state index contributed by atoms with van der Waals surface area (Å²) in [5.74, 6) is 0.697. The van der Waals surface area contributed by atoms with Crippen molar-refractivity contribution in [3.05, 3.63) is 52.7 Å². The Morgan fingerprint density at radius 3 is 3.00 bits per heavy atom. The topological polar surface area (TPSA) is 52.0 Å². The fraction of sp³-hybridized carbons (Fsp3) is 0.308. The molecule has 2 N–H and O–H groups in total. The number of aromatic nitrogens is 1. The Morgan fingerprint density at radius 1 is 1.47 bits per heavy atom. The lowest BCUT2D eigenvalue weighted by Crippen LogP contribution is -2.17. The molecule has 0 aliphatic heterocycles. The predicted molar refractivity (Wildman–Crippen MR) is 68.1 cm³/mol. The maximum Gasteiger partial charge on any atom is 0.198 e. The molecule has 17 heavy (non-hydrogen) atoms. The summed E-state index contributed by atoms with van der Waals surface area (Å²) in [7, 11) is 0. The molecule has 3 nitrogen and oxygen atoms in total. The maximum atomic E-state index is 5.92. The third-order valence-corrected chi connectivity index (χ3v) is 2.61. The molecule has 1 unspecified atom stereocenters. The zero-order valence-corrected chi connectivity index (χ0v) is 10.4. The fourth-order valence-corrected chi connectivity index (χ4v) is 1.89. The number of halogens is 1. The van der Waals surface area contributed by atoms with E-state index in [-0.39, 0.29) is 6.04 Å². The van der Waals surface area contributed by atoms with E-state index in [1.54, 1.807) is 6.26 Å². The van der Waals surface area contributed by atoms with Crippen molar-refractivity contribution in [2.75, 3.05) is 0 Å². The first-order valence-corrected chi connectivity index (χ1v) is 5.94. The zero-order chi connectivity index (χ0) is 12.3. The number of hydrogen-bond donors (Lipinski definition) is 1. The van der Waals surface area contributed by atoms with Crippen LogP contribution in [0.4, 0.5) is 0 Å². The Hall–Kier alpha value is -1.32. The van der Waals surface area contributed by atoms with E-state index in [4.69, 9.17) is 21.8 Å². The van der Waals surface area contributed by atoms with E-state index in [0.29, 0.717) is 12.3 Å². The van der Waals surface area contributed by atoms with E-state index in [1.807, 2.05) is 31.2 Å². The highest BCUT2D eigenvalue weighted by atomic mass is 35.5. The van der Waals surface area contributed by atoms with Gasteiger partial charge in [0.2, 0.25) is 0 Å². The standard InChI is InChI=1S/C13H15ClN2O/c1-9(15)5-12-8-17-13(16-12)7-10-3-2-4-11(14)6-10/h2-4,6,8-9H,5,7,15H2,1H3. The van der Waals surface area contributed by atoms with Crippen LogP contribution in [0.3, 0.4) is 0 Å². The van der Waals surface area contributed by atoms with Crippen molar-refractivity contribution in [3.63, 3.8) is 0 Å². The molecule has 1 aromatic heterocycles. The number of nitrogens with zero attached hydrogens (tertiary/aromatic N) is 1. The van der Waals surface area contributed by atoms with Gasteiger partial charge in [-0.1, -0.05) is 23.7 Å². The smallest absolute Gasteiger partial charge is 0.198 e. The Morgan fingerprint density at radius 2 is 2.29 bits per heavy atom. The largest absolute Gasteiger partial charge is 0.448 e. The van der Waals surface area contributed by atoms with Crippen molar-refractivity contribution in [3.8, 4) is 0 Å². The average Bonchev–Trinajstić information content (AvgIpc) is 2.64. The lowest BCUT2D eigenvalue weighted by Gasteiger charge is -1.99. The van der Waals surface area contributed by atoms with E-state index in [0.717, 1.165) is 22.7 Å². The van der Waals surface area contributed by atoms with Gasteiger partial charge >= 0.3 is 0 Å². The first kappa shape index (κ1) is 12.1. The summed E-state index contributed by atoms with van der Waals surface area (Å²) in [5, 5.41) is 0.727. The summed E-state index contributed by atoms with van der Waals surface area (Å²) >= 11 is 5.92. The van der Waals surface area contributed by atoms with Crippen LogP contribution in [0.25, 0.3) is 0 Å². The van der Waals surface area contributed by atoms with Gasteiger partial charge in [0.05, 0.1) is 5.69 Å². The second-order valence-corrected chi connectivity index (χ2v) is 4.66. The Labute approximate surface area is 106 Å². The third-order valence-electron chi connectivity index (χ3n) is 2.37. The highest BCUT2D eigenvalue weighted by molar-refractivity contribution is 6.30. The van der Waals surface area contributed by atoms with Crippen LogP contribution in [0.15, 0.2) is 34.9 Å². The molecule has 90 valence electrons. The Kier molecular flexibility index (Phi) is 3.82. The summed E-state index contributed by atoms with van der Waals surface area (Å²) in [5.41, 5.74) is 7.70. The predicted octanol–water partition coefficient (Wildman–Crippen LogP) is 2.81. The second-order valence-electron chi connectivity index (χ2n) is 4.22. The third kappa shape index (κ3) is 3.58. The van der Waals surface area contributed by atoms with Crippen LogP contribution in [0.5, 0.6) is 0 Å². The summed E-state index contributed by atoms with van der Waals surface area (Å²) < 4.78 is 5.40. The van der Waals surface area contributed by atoms with Crippen molar-refractivity contribution < 1.29 is 4.42 Å². The molecule has 1 atom stereocenters. The van der Waals surface area contributed by atoms with E-state index in [1.165, 1.54) is 0 Å². The van der Waals surface area contributed by atoms with E-state index in [2.05, 4.69) is 4.98 Å². The molecule has 0 amide bonds. The summed E-state index contributed by atoms with van der Waals surface area (Å²) in [6, 6.07) is 7.78. The lowest BCUT2D eigenvalue weighted by molar-refractivity contribution is 0.506. The van der Waals surface area contributed by atoms with Gasteiger partial charge in [-0.2, -0.15) is 0 Å². The molecule has 0 aliphatic rings. The highest BCUT2D eigenvalue weighted by Crippen LogP contribution is 2.15. The zero-order valence-electron chi connectivity index (χ0n) is 9.69. The molecular weight excluding hydrogens is 236 g/mol. The van der Waals surface area contributed by atoms with Gasteiger partial charge in [0.25, 0.3) is 0 Å². The molecular formula is C13H15ClN2O. The molecule has 1 heterocycles. The van der Waals surface area contributed by atoms with Crippen LogP contribution >= 0.6 is 11.6 Å². The minimum Gasteiger partial charge on any atom is -0.448 e. The van der Waals surface area contributed by atoms with Crippen molar-refractivity contribution >= 4 is 11.6 Å². The van der Waals surface area contributed by atoms with Gasteiger partial charge in [0.1, 0.15) is 6.26 Å². The second kappa shape index (κ2) is 5.34. The summed E-state index contributed by atoms with van der Waals surface area (Å²) in [6.45, 7) is 1.95. The summed E-state index contributed by atoms with van der Waals surface area (Å²) in [4.78, 5) is 4.39. The number of benzene rings is 1. The average molecular weight is 251 g/mol. The minimum atomic E-state index is 0.0964. The fourth-order valence-electron chi connectivity index (χ4n) is 1.68. The van der Waals surface area contributed by atoms with Crippen molar-refractivity contribution in [2.24, 2.45) is 5.73 Å². The number of oxazole rings is 1. The SMILES string of the molecule is CC(N)Cc1coc(Cc2cccc(Cl)c2)n1. The number of hydrogen-bond acceptors (Lipinski definition) is 3. The van der Waals surface area contributed by atoms with Crippen LogP contribution in [0, 0.1) is 0 Å². The van der Waals surface area contributed by atoms with Crippen LogP contribution < -0.4 is 5.73 Å². The van der Waals surface area contributed by atoms with Gasteiger partial charge < -0.3 is 10.2 Å². The van der Waals surface area contributed by atoms with Gasteiger partial charge in [0, 0.05) is 23.9 Å². The molecule has 2 rings (SSSR count). The summed E-state index contributed by atoms with van der Waals surface area (Å²) in [6.07, 6.45) is 3.06. The van der Waals surface area contributed by atoms with E-state index >= 15 is 0 Å².